The number of benzene rings is 1. The van der Waals surface area contributed by atoms with Crippen LogP contribution < -0.4 is 5.73 Å². The van der Waals surface area contributed by atoms with E-state index in [-0.39, 0.29) is 0 Å². The summed E-state index contributed by atoms with van der Waals surface area (Å²) in [6, 6.07) is 10.1. The largest absolute Gasteiger partial charge is 0.398 e. The zero-order valence-corrected chi connectivity index (χ0v) is 8.99. The fourth-order valence-electron chi connectivity index (χ4n) is 1.52. The maximum absolute atomic E-state index is 5.98. The van der Waals surface area contributed by atoms with Crippen molar-refractivity contribution in [2.75, 3.05) is 0 Å². The Morgan fingerprint density at radius 1 is 1.20 bits per heavy atom. The highest BCUT2D eigenvalue weighted by molar-refractivity contribution is 5.82. The first kappa shape index (κ1) is 9.71. The predicted molar refractivity (Wildman–Crippen MR) is 64.2 cm³/mol. The van der Waals surface area contributed by atoms with E-state index in [2.05, 4.69) is 4.98 Å². The zero-order chi connectivity index (χ0) is 10.8. The van der Waals surface area contributed by atoms with Crippen molar-refractivity contribution in [2.45, 2.75) is 13.8 Å². The molecule has 0 aliphatic heterocycles. The first-order valence-electron chi connectivity index (χ1n) is 4.96. The topological polar surface area (TPSA) is 38.9 Å². The smallest absolute Gasteiger partial charge is 0.0708 e. The van der Waals surface area contributed by atoms with E-state index in [9.17, 15) is 0 Å². The normalized spacial score (nSPS) is 10.3. The fourth-order valence-corrected chi connectivity index (χ4v) is 1.52. The second kappa shape index (κ2) is 3.73. The van der Waals surface area contributed by atoms with Crippen LogP contribution in [0.4, 0.5) is 0 Å². The van der Waals surface area contributed by atoms with Crippen molar-refractivity contribution in [2.24, 2.45) is 5.73 Å². The molecule has 2 heteroatoms. The van der Waals surface area contributed by atoms with E-state index < -0.39 is 0 Å². The van der Waals surface area contributed by atoms with Gasteiger partial charge in [0.25, 0.3) is 0 Å². The molecule has 2 aromatic rings. The number of fused-ring (bicyclic) bond motifs is 1. The Bertz CT molecular complexity index is 523. The Balaban J connectivity index is 2.62. The van der Waals surface area contributed by atoms with Gasteiger partial charge in [-0.2, -0.15) is 0 Å². The lowest BCUT2D eigenvalue weighted by Gasteiger charge is -2.05. The molecule has 0 aliphatic rings. The minimum Gasteiger partial charge on any atom is -0.398 e. The number of hydrogen-bond donors (Lipinski definition) is 1. The van der Waals surface area contributed by atoms with Gasteiger partial charge in [-0.1, -0.05) is 23.8 Å². The van der Waals surface area contributed by atoms with Crippen molar-refractivity contribution in [1.29, 1.82) is 0 Å². The number of pyridine rings is 1. The minimum absolute atomic E-state index is 0.836. The summed E-state index contributed by atoms with van der Waals surface area (Å²) in [6.45, 7) is 4.02. The van der Waals surface area contributed by atoms with Crippen LogP contribution in [-0.2, 0) is 0 Å². The highest BCUT2D eigenvalue weighted by Gasteiger charge is 2.00. The molecule has 0 atom stereocenters. The van der Waals surface area contributed by atoms with Crippen molar-refractivity contribution in [3.63, 3.8) is 0 Å². The Morgan fingerprint density at radius 2 is 2.00 bits per heavy atom. The van der Waals surface area contributed by atoms with Gasteiger partial charge in [-0.05, 0) is 31.5 Å². The molecule has 0 amide bonds. The number of allylic oxidation sites excluding steroid dienone is 1. The molecule has 15 heavy (non-hydrogen) atoms. The minimum atomic E-state index is 0.836. The van der Waals surface area contributed by atoms with Crippen molar-refractivity contribution in [3.05, 3.63) is 47.7 Å². The van der Waals surface area contributed by atoms with Crippen LogP contribution in [0.5, 0.6) is 0 Å². The van der Waals surface area contributed by atoms with Gasteiger partial charge >= 0.3 is 0 Å². The molecule has 1 aromatic heterocycles. The van der Waals surface area contributed by atoms with E-state index in [0.29, 0.717) is 0 Å². The van der Waals surface area contributed by atoms with Crippen LogP contribution in [0.1, 0.15) is 19.4 Å². The fraction of sp³-hybridized carbons (Fsp3) is 0.154. The lowest BCUT2D eigenvalue weighted by Crippen LogP contribution is -1.98. The molecule has 0 bridgehead atoms. The molecule has 1 heterocycles. The van der Waals surface area contributed by atoms with Crippen molar-refractivity contribution in [3.8, 4) is 0 Å². The molecule has 2 N–H and O–H groups in total. The van der Waals surface area contributed by atoms with Crippen LogP contribution in [-0.4, -0.2) is 4.98 Å². The number of hydrogen-bond acceptors (Lipinski definition) is 2. The summed E-state index contributed by atoms with van der Waals surface area (Å²) in [5.74, 6) is 0. The molecule has 76 valence electrons. The lowest BCUT2D eigenvalue weighted by atomic mass is 10.1. The van der Waals surface area contributed by atoms with Crippen molar-refractivity contribution in [1.82, 2.24) is 4.98 Å². The molecule has 0 saturated carbocycles. The van der Waals surface area contributed by atoms with Gasteiger partial charge in [-0.3, -0.25) is 4.98 Å². The first-order valence-corrected chi connectivity index (χ1v) is 4.96. The van der Waals surface area contributed by atoms with Gasteiger partial charge in [0.05, 0.1) is 5.52 Å². The quantitative estimate of drug-likeness (QED) is 0.765. The molecule has 0 spiro atoms. The maximum Gasteiger partial charge on any atom is 0.0708 e. The van der Waals surface area contributed by atoms with Crippen molar-refractivity contribution >= 4 is 16.6 Å². The van der Waals surface area contributed by atoms with Crippen LogP contribution in [0.3, 0.4) is 0 Å². The molecule has 0 radical (unpaired) electrons. The zero-order valence-electron chi connectivity index (χ0n) is 8.99. The first-order chi connectivity index (χ1) is 7.18. The summed E-state index contributed by atoms with van der Waals surface area (Å²) in [7, 11) is 0. The standard InChI is InChI=1S/C13H14N2/c1-9(2)13(14)11-6-5-10-4-3-7-15-12(10)8-11/h3-8H,14H2,1-2H3. The Hall–Kier alpha value is -1.83. The van der Waals surface area contributed by atoms with Gasteiger partial charge in [0.1, 0.15) is 0 Å². The summed E-state index contributed by atoms with van der Waals surface area (Å²) >= 11 is 0. The monoisotopic (exact) mass is 198 g/mol. The van der Waals surface area contributed by atoms with E-state index in [1.54, 1.807) is 6.20 Å². The number of rotatable bonds is 1. The summed E-state index contributed by atoms with van der Waals surface area (Å²) < 4.78 is 0. The molecule has 0 fully saturated rings. The number of nitrogens with zero attached hydrogens (tertiary/aromatic N) is 1. The molecule has 0 saturated heterocycles. The van der Waals surface area contributed by atoms with Gasteiger partial charge in [-0.25, -0.2) is 0 Å². The Morgan fingerprint density at radius 3 is 2.73 bits per heavy atom. The Kier molecular flexibility index (Phi) is 2.42. The molecule has 0 aliphatic carbocycles. The Labute approximate surface area is 89.4 Å². The summed E-state index contributed by atoms with van der Waals surface area (Å²) in [5, 5.41) is 1.14. The maximum atomic E-state index is 5.98. The molecular formula is C13H14N2. The highest BCUT2D eigenvalue weighted by Crippen LogP contribution is 2.18. The molecular weight excluding hydrogens is 184 g/mol. The third kappa shape index (κ3) is 1.84. The average molecular weight is 198 g/mol. The van der Waals surface area contributed by atoms with Gasteiger partial charge in [-0.15, -0.1) is 0 Å². The van der Waals surface area contributed by atoms with Crippen LogP contribution in [0.2, 0.25) is 0 Å². The van der Waals surface area contributed by atoms with E-state index >= 15 is 0 Å². The third-order valence-corrected chi connectivity index (χ3v) is 2.46. The number of aromatic nitrogens is 1. The van der Waals surface area contributed by atoms with Gasteiger partial charge < -0.3 is 5.73 Å². The van der Waals surface area contributed by atoms with E-state index in [1.807, 2.05) is 44.2 Å². The number of nitrogens with two attached hydrogens (primary N) is 1. The molecule has 2 rings (SSSR count). The average Bonchev–Trinajstić information content (AvgIpc) is 2.27. The molecule has 1 aromatic carbocycles. The lowest BCUT2D eigenvalue weighted by molar-refractivity contribution is 1.34. The van der Waals surface area contributed by atoms with Crippen LogP contribution >= 0.6 is 0 Å². The van der Waals surface area contributed by atoms with Crippen LogP contribution in [0.15, 0.2) is 42.1 Å². The van der Waals surface area contributed by atoms with E-state index in [0.717, 1.165) is 27.7 Å². The third-order valence-electron chi connectivity index (χ3n) is 2.46. The predicted octanol–water partition coefficient (Wildman–Crippen LogP) is 2.94. The van der Waals surface area contributed by atoms with Crippen LogP contribution in [0.25, 0.3) is 16.6 Å². The molecule has 2 nitrogen and oxygen atoms in total. The van der Waals surface area contributed by atoms with E-state index in [4.69, 9.17) is 5.73 Å². The summed E-state index contributed by atoms with van der Waals surface area (Å²) in [5.41, 5.74) is 9.97. The summed E-state index contributed by atoms with van der Waals surface area (Å²) in [6.07, 6.45) is 1.80. The van der Waals surface area contributed by atoms with Gasteiger partial charge in [0.15, 0.2) is 0 Å². The van der Waals surface area contributed by atoms with Gasteiger partial charge in [0, 0.05) is 17.3 Å². The highest BCUT2D eigenvalue weighted by atomic mass is 14.6. The second-order valence-electron chi connectivity index (χ2n) is 3.82. The molecule has 0 unspecified atom stereocenters. The second-order valence-corrected chi connectivity index (χ2v) is 3.82. The summed E-state index contributed by atoms with van der Waals surface area (Å²) in [4.78, 5) is 4.31. The van der Waals surface area contributed by atoms with Crippen molar-refractivity contribution < 1.29 is 0 Å². The van der Waals surface area contributed by atoms with Gasteiger partial charge in [0.2, 0.25) is 0 Å². The van der Waals surface area contributed by atoms with E-state index in [1.165, 1.54) is 0 Å². The SMILES string of the molecule is CC(C)=C(N)c1ccc2cccnc2c1. The van der Waals surface area contributed by atoms with Crippen LogP contribution in [0, 0.1) is 0 Å².